The van der Waals surface area contributed by atoms with Gasteiger partial charge in [-0.3, -0.25) is 0 Å². The fourth-order valence-corrected chi connectivity index (χ4v) is 3.88. The van der Waals surface area contributed by atoms with Crippen LogP contribution in [0.4, 0.5) is 36.4 Å². The average molecular weight is 434 g/mol. The first kappa shape index (κ1) is 21.4. The van der Waals surface area contributed by atoms with Crippen LogP contribution in [0.1, 0.15) is 30.9 Å². The van der Waals surface area contributed by atoms with Crippen LogP contribution in [0.25, 0.3) is 0 Å². The van der Waals surface area contributed by atoms with Crippen molar-refractivity contribution in [2.45, 2.75) is 32.0 Å². The van der Waals surface area contributed by atoms with E-state index in [4.69, 9.17) is 10.1 Å². The van der Waals surface area contributed by atoms with E-state index in [9.17, 15) is 13.2 Å². The molecule has 31 heavy (non-hydrogen) atoms. The molecule has 1 saturated carbocycles. The second-order valence-corrected chi connectivity index (χ2v) is 8.00. The van der Waals surface area contributed by atoms with Crippen molar-refractivity contribution in [2.24, 2.45) is 5.92 Å². The van der Waals surface area contributed by atoms with Crippen molar-refractivity contribution < 1.29 is 17.9 Å². The quantitative estimate of drug-likeness (QED) is 0.589. The molecule has 10 heteroatoms. The number of alkyl halides is 3. The molecule has 0 atom stereocenters. The van der Waals surface area contributed by atoms with E-state index in [0.717, 1.165) is 31.2 Å². The Morgan fingerprint density at radius 1 is 1.19 bits per heavy atom. The zero-order chi connectivity index (χ0) is 22.0. The number of aromatic nitrogens is 2. The summed E-state index contributed by atoms with van der Waals surface area (Å²) in [5.41, 5.74) is -0.0854. The highest BCUT2D eigenvalue weighted by molar-refractivity contribution is 5.92. The second-order valence-electron chi connectivity index (χ2n) is 8.00. The minimum Gasteiger partial charge on any atom is -0.378 e. The van der Waals surface area contributed by atoms with E-state index >= 15 is 0 Å². The summed E-state index contributed by atoms with van der Waals surface area (Å²) in [6, 6.07) is 5.20. The summed E-state index contributed by atoms with van der Waals surface area (Å²) in [6.07, 6.45) is -1.28. The van der Waals surface area contributed by atoms with Crippen LogP contribution in [0.5, 0.6) is 0 Å². The Bertz CT molecular complexity index is 939. The summed E-state index contributed by atoms with van der Waals surface area (Å²) in [5, 5.41) is 14.2. The standard InChI is InChI=1S/C21H25F3N6O/c1-13-9-16(10-13)27-20-28-18(26-15-4-2-3-14(11-15)21(22,23)24)17(12-25)19(29-20)30-5-7-31-8-6-30/h2-4,11-13,16,25H,5-10H2,1H3,(H2,26,27,28,29). The van der Waals surface area contributed by atoms with Crippen LogP contribution in [-0.2, 0) is 10.9 Å². The first-order chi connectivity index (χ1) is 14.8. The summed E-state index contributed by atoms with van der Waals surface area (Å²) >= 11 is 0. The van der Waals surface area contributed by atoms with Crippen LogP contribution >= 0.6 is 0 Å². The lowest BCUT2D eigenvalue weighted by atomic mass is 9.82. The predicted octanol–water partition coefficient (Wildman–Crippen LogP) is 4.28. The van der Waals surface area contributed by atoms with E-state index in [-0.39, 0.29) is 11.7 Å². The Labute approximate surface area is 178 Å². The number of rotatable bonds is 6. The van der Waals surface area contributed by atoms with Gasteiger partial charge in [0, 0.05) is 31.0 Å². The van der Waals surface area contributed by atoms with Gasteiger partial charge >= 0.3 is 6.18 Å². The van der Waals surface area contributed by atoms with Crippen molar-refractivity contribution in [1.82, 2.24) is 9.97 Å². The first-order valence-electron chi connectivity index (χ1n) is 10.3. The lowest BCUT2D eigenvalue weighted by molar-refractivity contribution is -0.137. The van der Waals surface area contributed by atoms with Gasteiger partial charge in [-0.2, -0.15) is 23.1 Å². The number of anilines is 4. The maximum Gasteiger partial charge on any atom is 0.416 e. The number of morpholine rings is 1. The van der Waals surface area contributed by atoms with Crippen LogP contribution < -0.4 is 15.5 Å². The molecule has 2 heterocycles. The van der Waals surface area contributed by atoms with Gasteiger partial charge in [-0.25, -0.2) is 0 Å². The normalized spacial score (nSPS) is 21.4. The van der Waals surface area contributed by atoms with Gasteiger partial charge in [-0.05, 0) is 37.0 Å². The molecule has 0 unspecified atom stereocenters. The van der Waals surface area contributed by atoms with E-state index < -0.39 is 11.7 Å². The molecule has 1 aromatic heterocycles. The zero-order valence-electron chi connectivity index (χ0n) is 17.2. The third-order valence-electron chi connectivity index (χ3n) is 5.54. The van der Waals surface area contributed by atoms with Gasteiger partial charge in [0.1, 0.15) is 11.6 Å². The molecule has 2 aromatic rings. The molecule has 2 fully saturated rings. The molecule has 166 valence electrons. The summed E-state index contributed by atoms with van der Waals surface area (Å²) in [6.45, 7) is 4.49. The number of halogens is 3. The van der Waals surface area contributed by atoms with Crippen LogP contribution in [0, 0.1) is 11.3 Å². The molecule has 1 aliphatic carbocycles. The van der Waals surface area contributed by atoms with Gasteiger partial charge in [0.15, 0.2) is 0 Å². The Morgan fingerprint density at radius 2 is 1.94 bits per heavy atom. The van der Waals surface area contributed by atoms with Gasteiger partial charge in [0.25, 0.3) is 0 Å². The molecule has 0 radical (unpaired) electrons. The van der Waals surface area contributed by atoms with Gasteiger partial charge < -0.3 is 25.7 Å². The van der Waals surface area contributed by atoms with Crippen molar-refractivity contribution in [1.29, 1.82) is 5.41 Å². The summed E-state index contributed by atoms with van der Waals surface area (Å²) < 4.78 is 44.8. The van der Waals surface area contributed by atoms with Crippen molar-refractivity contribution in [2.75, 3.05) is 41.8 Å². The van der Waals surface area contributed by atoms with Crippen molar-refractivity contribution in [3.63, 3.8) is 0 Å². The molecule has 1 saturated heterocycles. The summed E-state index contributed by atoms with van der Waals surface area (Å²) in [5.74, 6) is 1.90. The van der Waals surface area contributed by atoms with E-state index in [1.807, 2.05) is 4.90 Å². The van der Waals surface area contributed by atoms with Crippen LogP contribution in [0.2, 0.25) is 0 Å². The molecule has 4 rings (SSSR count). The SMILES string of the molecule is CC1CC(Nc2nc(Nc3cccc(C(F)(F)F)c3)c(C=N)c(N3CCOCC3)n2)C1. The van der Waals surface area contributed by atoms with Crippen LogP contribution in [0.15, 0.2) is 24.3 Å². The summed E-state index contributed by atoms with van der Waals surface area (Å²) in [4.78, 5) is 11.2. The number of hydrogen-bond acceptors (Lipinski definition) is 7. The number of hydrogen-bond donors (Lipinski definition) is 3. The number of nitrogens with zero attached hydrogens (tertiary/aromatic N) is 3. The van der Waals surface area contributed by atoms with E-state index in [1.54, 1.807) is 6.07 Å². The fraction of sp³-hybridized carbons (Fsp3) is 0.476. The summed E-state index contributed by atoms with van der Waals surface area (Å²) in [7, 11) is 0. The van der Waals surface area contributed by atoms with E-state index in [2.05, 4.69) is 27.5 Å². The second kappa shape index (κ2) is 8.70. The first-order valence-corrected chi connectivity index (χ1v) is 10.3. The number of ether oxygens (including phenoxy) is 1. The van der Waals surface area contributed by atoms with Gasteiger partial charge in [0.2, 0.25) is 5.95 Å². The maximum atomic E-state index is 13.1. The molecular weight excluding hydrogens is 409 g/mol. The monoisotopic (exact) mass is 434 g/mol. The molecular formula is C21H25F3N6O. The Balaban J connectivity index is 1.69. The largest absolute Gasteiger partial charge is 0.416 e. The number of nitrogens with one attached hydrogen (secondary N) is 3. The van der Waals surface area contributed by atoms with E-state index in [0.29, 0.717) is 55.4 Å². The van der Waals surface area contributed by atoms with Crippen molar-refractivity contribution in [3.8, 4) is 0 Å². The third kappa shape index (κ3) is 4.90. The highest BCUT2D eigenvalue weighted by atomic mass is 19.4. The lowest BCUT2D eigenvalue weighted by Gasteiger charge is -2.34. The molecule has 0 bridgehead atoms. The fourth-order valence-electron chi connectivity index (χ4n) is 3.88. The molecule has 1 aromatic carbocycles. The molecule has 7 nitrogen and oxygen atoms in total. The highest BCUT2D eigenvalue weighted by Crippen LogP contribution is 2.34. The molecule has 0 spiro atoms. The van der Waals surface area contributed by atoms with Crippen molar-refractivity contribution >= 4 is 29.5 Å². The Hall–Kier alpha value is -2.88. The average Bonchev–Trinajstić information content (AvgIpc) is 2.72. The van der Waals surface area contributed by atoms with E-state index in [1.165, 1.54) is 6.07 Å². The van der Waals surface area contributed by atoms with Crippen molar-refractivity contribution in [3.05, 3.63) is 35.4 Å². The minimum atomic E-state index is -4.44. The predicted molar refractivity (Wildman–Crippen MR) is 113 cm³/mol. The molecule has 2 aliphatic rings. The minimum absolute atomic E-state index is 0.243. The Kier molecular flexibility index (Phi) is 5.99. The lowest BCUT2D eigenvalue weighted by Crippen LogP contribution is -2.38. The third-order valence-corrected chi connectivity index (χ3v) is 5.54. The maximum absolute atomic E-state index is 13.1. The topological polar surface area (TPSA) is 86.2 Å². The zero-order valence-corrected chi connectivity index (χ0v) is 17.2. The van der Waals surface area contributed by atoms with Gasteiger partial charge in [-0.1, -0.05) is 13.0 Å². The molecule has 1 aliphatic heterocycles. The highest BCUT2D eigenvalue weighted by Gasteiger charge is 2.31. The number of benzene rings is 1. The molecule has 0 amide bonds. The van der Waals surface area contributed by atoms with Crippen LogP contribution in [-0.4, -0.2) is 48.5 Å². The smallest absolute Gasteiger partial charge is 0.378 e. The van der Waals surface area contributed by atoms with Gasteiger partial charge in [0.05, 0.1) is 24.3 Å². The van der Waals surface area contributed by atoms with Gasteiger partial charge in [-0.15, -0.1) is 0 Å². The van der Waals surface area contributed by atoms with Crippen LogP contribution in [0.3, 0.4) is 0 Å². The molecule has 3 N–H and O–H groups in total. The Morgan fingerprint density at radius 3 is 2.58 bits per heavy atom.